The minimum absolute atomic E-state index is 0.00506. The van der Waals surface area contributed by atoms with Gasteiger partial charge in [-0.2, -0.15) is 0 Å². The SMILES string of the molecule is C#CCOc1ccc(OCCNC(=O)C(OCC#C)c2ccc(Cl)cc2)cc1OC. The van der Waals surface area contributed by atoms with E-state index in [9.17, 15) is 4.79 Å². The number of nitrogens with one attached hydrogen (secondary N) is 1. The maximum atomic E-state index is 12.5. The average Bonchev–Trinajstić information content (AvgIpc) is 2.77. The molecule has 0 saturated carbocycles. The van der Waals surface area contributed by atoms with Crippen LogP contribution in [0.1, 0.15) is 11.7 Å². The van der Waals surface area contributed by atoms with Crippen LogP contribution in [0.15, 0.2) is 42.5 Å². The number of halogens is 1. The first-order valence-electron chi connectivity index (χ1n) is 9.04. The van der Waals surface area contributed by atoms with Crippen molar-refractivity contribution in [2.24, 2.45) is 0 Å². The first-order chi connectivity index (χ1) is 14.6. The van der Waals surface area contributed by atoms with E-state index in [0.29, 0.717) is 27.8 Å². The van der Waals surface area contributed by atoms with Gasteiger partial charge in [0.25, 0.3) is 5.91 Å². The minimum Gasteiger partial charge on any atom is -0.493 e. The lowest BCUT2D eigenvalue weighted by Crippen LogP contribution is -2.34. The first kappa shape index (κ1) is 23.0. The average molecular weight is 428 g/mol. The highest BCUT2D eigenvalue weighted by molar-refractivity contribution is 6.30. The molecule has 2 aromatic carbocycles. The number of terminal acetylenes is 2. The summed E-state index contributed by atoms with van der Waals surface area (Å²) >= 11 is 5.90. The van der Waals surface area contributed by atoms with Crippen LogP contribution in [0.5, 0.6) is 17.2 Å². The third-order valence-corrected chi connectivity index (χ3v) is 4.11. The number of amides is 1. The molecule has 2 rings (SSSR count). The van der Waals surface area contributed by atoms with Crippen LogP contribution in [0, 0.1) is 24.7 Å². The second-order valence-electron chi connectivity index (χ2n) is 5.89. The molecule has 0 aliphatic heterocycles. The molecule has 7 heteroatoms. The zero-order valence-electron chi connectivity index (χ0n) is 16.5. The topological polar surface area (TPSA) is 66.0 Å². The van der Waals surface area contributed by atoms with Gasteiger partial charge < -0.3 is 24.3 Å². The largest absolute Gasteiger partial charge is 0.493 e. The predicted molar refractivity (Wildman–Crippen MR) is 115 cm³/mol. The van der Waals surface area contributed by atoms with E-state index in [1.54, 1.807) is 42.5 Å². The van der Waals surface area contributed by atoms with Gasteiger partial charge in [-0.3, -0.25) is 4.79 Å². The Hall–Kier alpha value is -3.32. The van der Waals surface area contributed by atoms with Crippen molar-refractivity contribution >= 4 is 17.5 Å². The molecule has 0 aromatic heterocycles. The fraction of sp³-hybridized carbons (Fsp3) is 0.261. The Labute approximate surface area is 181 Å². The highest BCUT2D eigenvalue weighted by Crippen LogP contribution is 2.31. The molecule has 30 heavy (non-hydrogen) atoms. The molecule has 1 N–H and O–H groups in total. The molecule has 2 aromatic rings. The molecule has 0 heterocycles. The number of ether oxygens (including phenoxy) is 4. The van der Waals surface area contributed by atoms with Crippen molar-refractivity contribution in [3.8, 4) is 41.9 Å². The predicted octanol–water partition coefficient (Wildman–Crippen LogP) is 3.25. The normalized spacial score (nSPS) is 10.9. The van der Waals surface area contributed by atoms with Gasteiger partial charge >= 0.3 is 0 Å². The van der Waals surface area contributed by atoms with E-state index in [4.69, 9.17) is 43.4 Å². The molecule has 1 unspecified atom stereocenters. The quantitative estimate of drug-likeness (QED) is 0.440. The summed E-state index contributed by atoms with van der Waals surface area (Å²) < 4.78 is 21.8. The third kappa shape index (κ3) is 6.93. The summed E-state index contributed by atoms with van der Waals surface area (Å²) in [7, 11) is 1.52. The molecular weight excluding hydrogens is 406 g/mol. The number of rotatable bonds is 11. The molecule has 0 radical (unpaired) electrons. The Morgan fingerprint density at radius 3 is 2.47 bits per heavy atom. The van der Waals surface area contributed by atoms with Crippen molar-refractivity contribution in [2.75, 3.05) is 33.5 Å². The van der Waals surface area contributed by atoms with E-state index in [2.05, 4.69) is 17.2 Å². The minimum atomic E-state index is -0.842. The smallest absolute Gasteiger partial charge is 0.253 e. The highest BCUT2D eigenvalue weighted by atomic mass is 35.5. The lowest BCUT2D eigenvalue weighted by atomic mass is 10.1. The number of hydrogen-bond acceptors (Lipinski definition) is 5. The fourth-order valence-corrected chi connectivity index (χ4v) is 2.63. The molecule has 0 spiro atoms. The number of methoxy groups -OCH3 is 1. The maximum absolute atomic E-state index is 12.5. The van der Waals surface area contributed by atoms with Crippen LogP contribution >= 0.6 is 11.6 Å². The lowest BCUT2D eigenvalue weighted by molar-refractivity contribution is -0.132. The molecular formula is C23H22ClNO5. The van der Waals surface area contributed by atoms with Gasteiger partial charge in [0.15, 0.2) is 17.6 Å². The summed E-state index contributed by atoms with van der Waals surface area (Å²) in [4.78, 5) is 12.5. The molecule has 1 atom stereocenters. The van der Waals surface area contributed by atoms with Gasteiger partial charge in [-0.25, -0.2) is 0 Å². The monoisotopic (exact) mass is 427 g/mol. The van der Waals surface area contributed by atoms with E-state index in [-0.39, 0.29) is 32.3 Å². The molecule has 0 saturated heterocycles. The summed E-state index contributed by atoms with van der Waals surface area (Å²) in [5, 5.41) is 3.34. The second-order valence-corrected chi connectivity index (χ2v) is 6.33. The van der Waals surface area contributed by atoms with E-state index < -0.39 is 6.10 Å². The third-order valence-electron chi connectivity index (χ3n) is 3.86. The zero-order valence-corrected chi connectivity index (χ0v) is 17.3. The zero-order chi connectivity index (χ0) is 21.8. The molecule has 0 aliphatic carbocycles. The van der Waals surface area contributed by atoms with Crippen LogP contribution in [0.2, 0.25) is 5.02 Å². The Balaban J connectivity index is 1.90. The van der Waals surface area contributed by atoms with Crippen molar-refractivity contribution in [1.82, 2.24) is 5.32 Å². The van der Waals surface area contributed by atoms with Crippen LogP contribution < -0.4 is 19.5 Å². The van der Waals surface area contributed by atoms with Crippen molar-refractivity contribution in [3.63, 3.8) is 0 Å². The van der Waals surface area contributed by atoms with Gasteiger partial charge in [-0.15, -0.1) is 12.8 Å². The van der Waals surface area contributed by atoms with Gasteiger partial charge in [-0.1, -0.05) is 35.6 Å². The number of carbonyl (C=O) groups excluding carboxylic acids is 1. The van der Waals surface area contributed by atoms with Crippen LogP contribution in [0.25, 0.3) is 0 Å². The van der Waals surface area contributed by atoms with Gasteiger partial charge in [0.05, 0.1) is 13.7 Å². The molecule has 6 nitrogen and oxygen atoms in total. The van der Waals surface area contributed by atoms with E-state index >= 15 is 0 Å². The van der Waals surface area contributed by atoms with Crippen LogP contribution in [0.3, 0.4) is 0 Å². The van der Waals surface area contributed by atoms with E-state index in [1.807, 2.05) is 0 Å². The Morgan fingerprint density at radius 1 is 1.07 bits per heavy atom. The fourth-order valence-electron chi connectivity index (χ4n) is 2.50. The summed E-state index contributed by atoms with van der Waals surface area (Å²) in [6.45, 7) is 0.645. The molecule has 0 fully saturated rings. The molecule has 1 amide bonds. The molecule has 0 aliphatic rings. The van der Waals surface area contributed by atoms with Crippen molar-refractivity contribution < 1.29 is 23.7 Å². The van der Waals surface area contributed by atoms with Gasteiger partial charge in [0.1, 0.15) is 25.6 Å². The van der Waals surface area contributed by atoms with E-state index in [0.717, 1.165) is 0 Å². The van der Waals surface area contributed by atoms with Crippen LogP contribution in [-0.2, 0) is 9.53 Å². The van der Waals surface area contributed by atoms with Crippen LogP contribution in [-0.4, -0.2) is 39.4 Å². The van der Waals surface area contributed by atoms with Gasteiger partial charge in [0.2, 0.25) is 0 Å². The number of carbonyl (C=O) groups is 1. The lowest BCUT2D eigenvalue weighted by Gasteiger charge is -2.17. The summed E-state index contributed by atoms with van der Waals surface area (Å²) in [5.74, 6) is 6.01. The molecule has 156 valence electrons. The van der Waals surface area contributed by atoms with Gasteiger partial charge in [-0.05, 0) is 29.8 Å². The van der Waals surface area contributed by atoms with Crippen LogP contribution in [0.4, 0.5) is 0 Å². The first-order valence-corrected chi connectivity index (χ1v) is 9.42. The van der Waals surface area contributed by atoms with E-state index in [1.165, 1.54) is 7.11 Å². The molecule has 0 bridgehead atoms. The second kappa shape index (κ2) is 12.3. The summed E-state index contributed by atoms with van der Waals surface area (Å²) in [6.07, 6.45) is 9.60. The Bertz CT molecular complexity index is 915. The number of benzene rings is 2. The van der Waals surface area contributed by atoms with Gasteiger partial charge in [0, 0.05) is 11.1 Å². The summed E-state index contributed by atoms with van der Waals surface area (Å²) in [5.41, 5.74) is 0.653. The number of hydrogen-bond donors (Lipinski definition) is 1. The summed E-state index contributed by atoms with van der Waals surface area (Å²) in [6, 6.07) is 11.9. The van der Waals surface area contributed by atoms with Crippen molar-refractivity contribution in [1.29, 1.82) is 0 Å². The Morgan fingerprint density at radius 2 is 1.80 bits per heavy atom. The standard InChI is InChI=1S/C23H22ClNO5/c1-4-13-29-20-11-10-19(16-21(20)27-3)28-15-12-25-23(26)22(30-14-5-2)17-6-8-18(24)9-7-17/h1-2,6-11,16,22H,12-15H2,3H3,(H,25,26). The Kier molecular flexibility index (Phi) is 9.40. The highest BCUT2D eigenvalue weighted by Gasteiger charge is 2.21. The van der Waals surface area contributed by atoms with Crippen molar-refractivity contribution in [3.05, 3.63) is 53.1 Å². The van der Waals surface area contributed by atoms with Crippen molar-refractivity contribution in [2.45, 2.75) is 6.10 Å². The maximum Gasteiger partial charge on any atom is 0.253 e.